The Labute approximate surface area is 144 Å². The Hall–Kier alpha value is -1.91. The molecule has 2 heterocycles. The molecule has 1 aliphatic rings. The standard InChI is InChI=1S/C20H27N3O/c1-15-5-4-6-19(13-15)18-7-9-22(10-8-18)14-20-16(2)21-23(11-12-24)17(20)3/h4-7,13,24H,8-12,14H2,1-3H3. The van der Waals surface area contributed by atoms with Gasteiger partial charge in [0.1, 0.15) is 0 Å². The summed E-state index contributed by atoms with van der Waals surface area (Å²) in [4.78, 5) is 2.47. The second kappa shape index (κ2) is 7.32. The van der Waals surface area contributed by atoms with Crippen LogP contribution in [0.3, 0.4) is 0 Å². The summed E-state index contributed by atoms with van der Waals surface area (Å²) >= 11 is 0. The Morgan fingerprint density at radius 3 is 2.71 bits per heavy atom. The maximum absolute atomic E-state index is 9.14. The summed E-state index contributed by atoms with van der Waals surface area (Å²) < 4.78 is 1.92. The average molecular weight is 325 g/mol. The first kappa shape index (κ1) is 16.9. The van der Waals surface area contributed by atoms with Gasteiger partial charge in [-0.2, -0.15) is 5.10 Å². The minimum absolute atomic E-state index is 0.133. The summed E-state index contributed by atoms with van der Waals surface area (Å²) in [6.07, 6.45) is 3.45. The fourth-order valence-corrected chi connectivity index (χ4v) is 3.46. The van der Waals surface area contributed by atoms with Crippen molar-refractivity contribution in [2.45, 2.75) is 40.3 Å². The molecule has 0 saturated heterocycles. The fourth-order valence-electron chi connectivity index (χ4n) is 3.46. The van der Waals surface area contributed by atoms with Gasteiger partial charge in [-0.05, 0) is 38.3 Å². The molecule has 4 nitrogen and oxygen atoms in total. The molecule has 1 aromatic heterocycles. The molecule has 2 aromatic rings. The average Bonchev–Trinajstić information content (AvgIpc) is 2.83. The molecule has 4 heteroatoms. The molecule has 0 amide bonds. The van der Waals surface area contributed by atoms with E-state index < -0.39 is 0 Å². The number of aliphatic hydroxyl groups excluding tert-OH is 1. The van der Waals surface area contributed by atoms with Gasteiger partial charge in [0.15, 0.2) is 0 Å². The van der Waals surface area contributed by atoms with Gasteiger partial charge >= 0.3 is 0 Å². The highest BCUT2D eigenvalue weighted by Gasteiger charge is 2.18. The van der Waals surface area contributed by atoms with E-state index in [1.807, 2.05) is 4.68 Å². The zero-order valence-corrected chi connectivity index (χ0v) is 14.9. The van der Waals surface area contributed by atoms with E-state index in [-0.39, 0.29) is 6.61 Å². The minimum atomic E-state index is 0.133. The normalized spacial score (nSPS) is 15.6. The van der Waals surface area contributed by atoms with E-state index in [2.05, 4.69) is 61.1 Å². The van der Waals surface area contributed by atoms with Crippen molar-refractivity contribution in [2.24, 2.45) is 0 Å². The van der Waals surface area contributed by atoms with E-state index in [1.165, 1.54) is 28.0 Å². The molecule has 0 aliphatic carbocycles. The lowest BCUT2D eigenvalue weighted by atomic mass is 9.98. The summed E-state index contributed by atoms with van der Waals surface area (Å²) in [6.45, 7) is 10.0. The number of aromatic nitrogens is 2. The highest BCUT2D eigenvalue weighted by molar-refractivity contribution is 5.67. The molecule has 1 aromatic carbocycles. The monoisotopic (exact) mass is 325 g/mol. The number of rotatable bonds is 5. The van der Waals surface area contributed by atoms with Crippen molar-refractivity contribution >= 4 is 5.57 Å². The molecule has 1 N–H and O–H groups in total. The van der Waals surface area contributed by atoms with Crippen LogP contribution in [-0.4, -0.2) is 39.5 Å². The smallest absolute Gasteiger partial charge is 0.0644 e. The lowest BCUT2D eigenvalue weighted by molar-refractivity contribution is 0.267. The van der Waals surface area contributed by atoms with Crippen LogP contribution in [0.5, 0.6) is 0 Å². The Kier molecular flexibility index (Phi) is 5.17. The van der Waals surface area contributed by atoms with E-state index >= 15 is 0 Å². The first-order valence-electron chi connectivity index (χ1n) is 8.70. The van der Waals surface area contributed by atoms with Gasteiger partial charge in [-0.25, -0.2) is 0 Å². The quantitative estimate of drug-likeness (QED) is 0.918. The number of nitrogens with zero attached hydrogens (tertiary/aromatic N) is 3. The Morgan fingerprint density at radius 1 is 1.21 bits per heavy atom. The van der Waals surface area contributed by atoms with Gasteiger partial charge in [0, 0.05) is 30.9 Å². The molecule has 0 spiro atoms. The van der Waals surface area contributed by atoms with Crippen molar-refractivity contribution in [3.05, 3.63) is 58.4 Å². The SMILES string of the molecule is Cc1cccc(C2=CCN(Cc3c(C)nn(CCO)c3C)CC2)c1. The lowest BCUT2D eigenvalue weighted by Crippen LogP contribution is -2.28. The predicted molar refractivity (Wildman–Crippen MR) is 97.8 cm³/mol. The molecule has 3 rings (SSSR count). The molecule has 0 atom stereocenters. The van der Waals surface area contributed by atoms with Crippen LogP contribution in [0.25, 0.3) is 5.57 Å². The van der Waals surface area contributed by atoms with Crippen LogP contribution < -0.4 is 0 Å². The van der Waals surface area contributed by atoms with Gasteiger partial charge in [0.2, 0.25) is 0 Å². The lowest BCUT2D eigenvalue weighted by Gasteiger charge is -2.26. The molecule has 0 radical (unpaired) electrons. The van der Waals surface area contributed by atoms with Gasteiger partial charge in [-0.3, -0.25) is 9.58 Å². The Bertz CT molecular complexity index is 745. The van der Waals surface area contributed by atoms with Crippen LogP contribution in [0.4, 0.5) is 0 Å². The molecule has 1 aliphatic heterocycles. The van der Waals surface area contributed by atoms with E-state index in [4.69, 9.17) is 5.11 Å². The van der Waals surface area contributed by atoms with Crippen LogP contribution in [0.15, 0.2) is 30.3 Å². The molecular formula is C20H27N3O. The van der Waals surface area contributed by atoms with Crippen LogP contribution in [0, 0.1) is 20.8 Å². The van der Waals surface area contributed by atoms with E-state index in [0.717, 1.165) is 31.7 Å². The van der Waals surface area contributed by atoms with Gasteiger partial charge in [0.25, 0.3) is 0 Å². The molecule has 0 unspecified atom stereocenters. The highest BCUT2D eigenvalue weighted by Crippen LogP contribution is 2.25. The van der Waals surface area contributed by atoms with E-state index in [1.54, 1.807) is 0 Å². The van der Waals surface area contributed by atoms with Crippen LogP contribution in [0.2, 0.25) is 0 Å². The fraction of sp³-hybridized carbons (Fsp3) is 0.450. The van der Waals surface area contributed by atoms with Gasteiger partial charge in [-0.15, -0.1) is 0 Å². The van der Waals surface area contributed by atoms with Crippen molar-refractivity contribution in [2.75, 3.05) is 19.7 Å². The van der Waals surface area contributed by atoms with Gasteiger partial charge < -0.3 is 5.11 Å². The van der Waals surface area contributed by atoms with Gasteiger partial charge in [-0.1, -0.05) is 35.9 Å². The van der Waals surface area contributed by atoms with Crippen molar-refractivity contribution in [1.82, 2.24) is 14.7 Å². The molecule has 0 fully saturated rings. The molecule has 0 saturated carbocycles. The first-order valence-corrected chi connectivity index (χ1v) is 8.70. The van der Waals surface area contributed by atoms with Crippen LogP contribution in [-0.2, 0) is 13.1 Å². The predicted octanol–water partition coefficient (Wildman–Crippen LogP) is 3.09. The third-order valence-corrected chi connectivity index (χ3v) is 4.91. The van der Waals surface area contributed by atoms with Crippen molar-refractivity contribution in [3.8, 4) is 0 Å². The summed E-state index contributed by atoms with van der Waals surface area (Å²) in [5.41, 5.74) is 7.69. The number of aliphatic hydroxyl groups is 1. The Morgan fingerprint density at radius 2 is 2.04 bits per heavy atom. The van der Waals surface area contributed by atoms with Crippen molar-refractivity contribution in [3.63, 3.8) is 0 Å². The number of benzene rings is 1. The van der Waals surface area contributed by atoms with Crippen molar-refractivity contribution in [1.29, 1.82) is 0 Å². The third-order valence-electron chi connectivity index (χ3n) is 4.91. The maximum atomic E-state index is 9.14. The third kappa shape index (κ3) is 3.60. The number of hydrogen-bond donors (Lipinski definition) is 1. The summed E-state index contributed by atoms with van der Waals surface area (Å²) in [6, 6.07) is 8.77. The summed E-state index contributed by atoms with van der Waals surface area (Å²) in [7, 11) is 0. The largest absolute Gasteiger partial charge is 0.394 e. The second-order valence-corrected chi connectivity index (χ2v) is 6.68. The Balaban J connectivity index is 1.69. The molecule has 128 valence electrons. The zero-order valence-electron chi connectivity index (χ0n) is 14.9. The second-order valence-electron chi connectivity index (χ2n) is 6.68. The summed E-state index contributed by atoms with van der Waals surface area (Å²) in [5.74, 6) is 0. The van der Waals surface area contributed by atoms with Gasteiger partial charge in [0.05, 0.1) is 18.8 Å². The molecule has 24 heavy (non-hydrogen) atoms. The van der Waals surface area contributed by atoms with E-state index in [0.29, 0.717) is 6.54 Å². The van der Waals surface area contributed by atoms with Crippen molar-refractivity contribution < 1.29 is 5.11 Å². The van der Waals surface area contributed by atoms with Crippen LogP contribution >= 0.6 is 0 Å². The maximum Gasteiger partial charge on any atom is 0.0644 e. The number of hydrogen-bond acceptors (Lipinski definition) is 3. The molecular weight excluding hydrogens is 298 g/mol. The topological polar surface area (TPSA) is 41.3 Å². The number of aryl methyl sites for hydroxylation is 2. The highest BCUT2D eigenvalue weighted by atomic mass is 16.3. The van der Waals surface area contributed by atoms with E-state index in [9.17, 15) is 0 Å². The zero-order chi connectivity index (χ0) is 17.1. The van der Waals surface area contributed by atoms with Crippen LogP contribution in [0.1, 0.15) is 34.5 Å². The minimum Gasteiger partial charge on any atom is -0.394 e. The molecule has 0 bridgehead atoms. The first-order chi connectivity index (χ1) is 11.6. The summed E-state index contributed by atoms with van der Waals surface area (Å²) in [5, 5.41) is 13.7.